The summed E-state index contributed by atoms with van der Waals surface area (Å²) in [5.41, 5.74) is 0.839. The number of likely N-dealkylation sites (tertiary alicyclic amines) is 1. The maximum atomic E-state index is 12.5. The molecule has 8 nitrogen and oxygen atoms in total. The summed E-state index contributed by atoms with van der Waals surface area (Å²) in [6, 6.07) is 12.8. The predicted octanol–water partition coefficient (Wildman–Crippen LogP) is 2.48. The minimum atomic E-state index is -0.463. The third-order valence-corrected chi connectivity index (χ3v) is 6.03. The molecule has 1 unspecified atom stereocenters. The van der Waals surface area contributed by atoms with Gasteiger partial charge in [-0.05, 0) is 35.5 Å². The van der Waals surface area contributed by atoms with E-state index in [1.165, 1.54) is 0 Å². The maximum Gasteiger partial charge on any atom is 0.293 e. The molecule has 1 aromatic carbocycles. The average molecular weight is 439 g/mol. The first-order valence-corrected chi connectivity index (χ1v) is 10.7. The zero-order chi connectivity index (χ0) is 21.8. The van der Waals surface area contributed by atoms with Crippen LogP contribution in [0.1, 0.15) is 17.7 Å². The maximum absolute atomic E-state index is 12.5. The highest BCUT2D eigenvalue weighted by Gasteiger charge is 2.36. The molecular formula is C22H21N3O5S. The van der Waals surface area contributed by atoms with Gasteiger partial charge in [0.25, 0.3) is 11.1 Å². The Morgan fingerprint density at radius 2 is 1.97 bits per heavy atom. The lowest BCUT2D eigenvalue weighted by atomic mass is 10.1. The first-order chi connectivity index (χ1) is 15.0. The van der Waals surface area contributed by atoms with Crippen molar-refractivity contribution < 1.29 is 23.6 Å². The number of nitrogens with zero attached hydrogens (tertiary/aromatic N) is 2. The summed E-state index contributed by atoms with van der Waals surface area (Å²) in [5, 5.41) is 2.38. The molecule has 1 aromatic heterocycles. The van der Waals surface area contributed by atoms with Gasteiger partial charge in [0.2, 0.25) is 11.8 Å². The number of imide groups is 1. The minimum Gasteiger partial charge on any atom is -0.467 e. The molecule has 1 atom stereocenters. The molecule has 3 heterocycles. The molecule has 9 heteroatoms. The van der Waals surface area contributed by atoms with Crippen molar-refractivity contribution in [3.8, 4) is 0 Å². The van der Waals surface area contributed by atoms with E-state index in [2.05, 4.69) is 5.32 Å². The quantitative estimate of drug-likeness (QED) is 0.666. The molecule has 2 aliphatic rings. The second-order valence-corrected chi connectivity index (χ2v) is 8.28. The van der Waals surface area contributed by atoms with Crippen LogP contribution in [0, 0.1) is 5.92 Å². The van der Waals surface area contributed by atoms with E-state index >= 15 is 0 Å². The average Bonchev–Trinajstić information content (AvgIpc) is 3.46. The fourth-order valence-corrected chi connectivity index (χ4v) is 4.38. The predicted molar refractivity (Wildman–Crippen MR) is 114 cm³/mol. The van der Waals surface area contributed by atoms with Gasteiger partial charge in [0.05, 0.1) is 23.6 Å². The monoisotopic (exact) mass is 439 g/mol. The van der Waals surface area contributed by atoms with Gasteiger partial charge in [-0.15, -0.1) is 0 Å². The molecule has 2 saturated heterocycles. The Morgan fingerprint density at radius 1 is 1.16 bits per heavy atom. The van der Waals surface area contributed by atoms with Gasteiger partial charge in [0.15, 0.2) is 0 Å². The summed E-state index contributed by atoms with van der Waals surface area (Å²) in [5.74, 6) is -0.530. The topological polar surface area (TPSA) is 99.9 Å². The number of hydrogen-bond donors (Lipinski definition) is 1. The highest BCUT2D eigenvalue weighted by atomic mass is 32.2. The molecule has 0 bridgehead atoms. The molecular weight excluding hydrogens is 418 g/mol. The summed E-state index contributed by atoms with van der Waals surface area (Å²) < 4.78 is 5.26. The largest absolute Gasteiger partial charge is 0.467 e. The fraction of sp³-hybridized carbons (Fsp3) is 0.273. The van der Waals surface area contributed by atoms with Gasteiger partial charge in [-0.3, -0.25) is 24.1 Å². The van der Waals surface area contributed by atoms with Crippen LogP contribution < -0.4 is 5.32 Å². The van der Waals surface area contributed by atoms with E-state index in [0.717, 1.165) is 22.2 Å². The molecule has 2 aromatic rings. The van der Waals surface area contributed by atoms with Crippen molar-refractivity contribution in [3.63, 3.8) is 0 Å². The molecule has 0 aliphatic carbocycles. The Morgan fingerprint density at radius 3 is 2.71 bits per heavy atom. The zero-order valence-corrected chi connectivity index (χ0v) is 17.5. The third kappa shape index (κ3) is 4.88. The number of hydrogen-bond acceptors (Lipinski definition) is 6. The van der Waals surface area contributed by atoms with E-state index in [9.17, 15) is 19.2 Å². The molecule has 160 valence electrons. The van der Waals surface area contributed by atoms with Gasteiger partial charge in [0, 0.05) is 26.1 Å². The summed E-state index contributed by atoms with van der Waals surface area (Å²) in [6.07, 6.45) is 3.36. The van der Waals surface area contributed by atoms with Crippen molar-refractivity contribution in [2.24, 2.45) is 5.92 Å². The van der Waals surface area contributed by atoms with Gasteiger partial charge in [-0.25, -0.2) is 0 Å². The number of nitrogens with one attached hydrogen (secondary N) is 1. The van der Waals surface area contributed by atoms with E-state index < -0.39 is 5.92 Å². The Labute approximate surface area is 183 Å². The van der Waals surface area contributed by atoms with E-state index in [0.29, 0.717) is 23.8 Å². The molecule has 0 saturated carbocycles. The van der Waals surface area contributed by atoms with Crippen molar-refractivity contribution in [2.75, 3.05) is 19.6 Å². The second kappa shape index (κ2) is 9.22. The minimum absolute atomic E-state index is 0.0827. The molecule has 4 rings (SSSR count). The first kappa shape index (κ1) is 20.9. The molecule has 2 fully saturated rings. The fourth-order valence-electron chi connectivity index (χ4n) is 3.52. The van der Waals surface area contributed by atoms with Crippen LogP contribution in [0.15, 0.2) is 58.1 Å². The normalized spacial score (nSPS) is 20.2. The first-order valence-electron chi connectivity index (χ1n) is 9.89. The second-order valence-electron chi connectivity index (χ2n) is 7.29. The molecule has 1 N–H and O–H groups in total. The molecule has 2 aliphatic heterocycles. The van der Waals surface area contributed by atoms with E-state index in [4.69, 9.17) is 4.42 Å². The van der Waals surface area contributed by atoms with Crippen LogP contribution >= 0.6 is 11.8 Å². The van der Waals surface area contributed by atoms with Gasteiger partial charge in [0.1, 0.15) is 5.76 Å². The SMILES string of the molecule is O=C(NCCN1C(=O)S/C(=C\c2ccccc2)C1=O)C1CC(=O)N(Cc2ccco2)C1. The summed E-state index contributed by atoms with van der Waals surface area (Å²) in [4.78, 5) is 52.5. The summed E-state index contributed by atoms with van der Waals surface area (Å²) >= 11 is 0.889. The van der Waals surface area contributed by atoms with E-state index in [1.54, 1.807) is 29.4 Å². The van der Waals surface area contributed by atoms with Crippen molar-refractivity contribution >= 4 is 40.8 Å². The van der Waals surface area contributed by atoms with Crippen molar-refractivity contribution in [2.45, 2.75) is 13.0 Å². The highest BCUT2D eigenvalue weighted by Crippen LogP contribution is 2.31. The summed E-state index contributed by atoms with van der Waals surface area (Å²) in [6.45, 7) is 0.866. The Balaban J connectivity index is 1.27. The Bertz CT molecular complexity index is 1020. The Hall–Kier alpha value is -3.33. The number of furan rings is 1. The molecule has 0 spiro atoms. The molecule has 0 radical (unpaired) electrons. The lowest BCUT2D eigenvalue weighted by molar-refractivity contribution is -0.129. The van der Waals surface area contributed by atoms with Crippen LogP contribution in [0.4, 0.5) is 4.79 Å². The lowest BCUT2D eigenvalue weighted by Crippen LogP contribution is -2.40. The smallest absolute Gasteiger partial charge is 0.293 e. The number of carbonyl (C=O) groups excluding carboxylic acids is 4. The number of rotatable bonds is 7. The third-order valence-electron chi connectivity index (χ3n) is 5.12. The van der Waals surface area contributed by atoms with E-state index in [-0.39, 0.29) is 42.5 Å². The van der Waals surface area contributed by atoms with Crippen LogP contribution in [-0.4, -0.2) is 52.4 Å². The van der Waals surface area contributed by atoms with Crippen molar-refractivity contribution in [1.29, 1.82) is 0 Å². The van der Waals surface area contributed by atoms with Crippen LogP contribution in [0.3, 0.4) is 0 Å². The molecule has 4 amide bonds. The van der Waals surface area contributed by atoms with Crippen LogP contribution in [0.5, 0.6) is 0 Å². The van der Waals surface area contributed by atoms with Gasteiger partial charge in [-0.2, -0.15) is 0 Å². The van der Waals surface area contributed by atoms with Crippen LogP contribution in [0.25, 0.3) is 6.08 Å². The Kier molecular flexibility index (Phi) is 6.22. The number of carbonyl (C=O) groups is 4. The molecule has 31 heavy (non-hydrogen) atoms. The van der Waals surface area contributed by atoms with Crippen LogP contribution in [-0.2, 0) is 20.9 Å². The van der Waals surface area contributed by atoms with E-state index in [1.807, 2.05) is 30.3 Å². The number of thioether (sulfide) groups is 1. The van der Waals surface area contributed by atoms with Crippen molar-refractivity contribution in [1.82, 2.24) is 15.1 Å². The van der Waals surface area contributed by atoms with Gasteiger partial charge in [-0.1, -0.05) is 30.3 Å². The van der Waals surface area contributed by atoms with Crippen LogP contribution in [0.2, 0.25) is 0 Å². The van der Waals surface area contributed by atoms with Gasteiger partial charge < -0.3 is 14.6 Å². The van der Waals surface area contributed by atoms with Crippen molar-refractivity contribution in [3.05, 3.63) is 65.0 Å². The van der Waals surface area contributed by atoms with Gasteiger partial charge >= 0.3 is 0 Å². The lowest BCUT2D eigenvalue weighted by Gasteiger charge is -2.16. The number of amides is 4. The zero-order valence-electron chi connectivity index (χ0n) is 16.7. The number of benzene rings is 1. The highest BCUT2D eigenvalue weighted by molar-refractivity contribution is 8.18. The summed E-state index contributed by atoms with van der Waals surface area (Å²) in [7, 11) is 0. The standard InChI is InChI=1S/C22H21N3O5S/c26-19-12-16(13-24(19)14-17-7-4-10-30-17)20(27)23-8-9-25-21(28)18(31-22(25)29)11-15-5-2-1-3-6-15/h1-7,10-11,16H,8-9,12-14H2,(H,23,27)/b18-11-.